The first-order valence-electron chi connectivity index (χ1n) is 7.73. The molecule has 2 aromatic heterocycles. The lowest BCUT2D eigenvalue weighted by atomic mass is 10.1. The fourth-order valence-electron chi connectivity index (χ4n) is 2.95. The maximum absolute atomic E-state index is 9.21. The van der Waals surface area contributed by atoms with Gasteiger partial charge in [-0.3, -0.25) is 0 Å². The molecule has 2 N–H and O–H groups in total. The van der Waals surface area contributed by atoms with Gasteiger partial charge in [-0.05, 0) is 13.8 Å². The molecule has 0 spiro atoms. The summed E-state index contributed by atoms with van der Waals surface area (Å²) in [5.74, 6) is 1.82. The fraction of sp³-hybridized carbons (Fsp3) is 0.571. The Bertz CT molecular complexity index is 688. The van der Waals surface area contributed by atoms with E-state index in [1.165, 1.54) is 12.7 Å². The van der Waals surface area contributed by atoms with Crippen LogP contribution in [0, 0.1) is 0 Å². The second kappa shape index (κ2) is 6.97. The van der Waals surface area contributed by atoms with Crippen LogP contribution in [0.1, 0.15) is 25.5 Å². The summed E-state index contributed by atoms with van der Waals surface area (Å²) in [6, 6.07) is 0.217. The summed E-state index contributed by atoms with van der Waals surface area (Å²) in [7, 11) is 0. The molecule has 2 aromatic rings. The van der Waals surface area contributed by atoms with Gasteiger partial charge in [-0.2, -0.15) is 9.97 Å². The van der Waals surface area contributed by atoms with E-state index in [0.717, 1.165) is 0 Å². The number of aliphatic hydroxyl groups is 2. The molecule has 24 heavy (non-hydrogen) atoms. The van der Waals surface area contributed by atoms with E-state index in [9.17, 15) is 10.2 Å². The smallest absolute Gasteiger partial charge is 0.229 e. The van der Waals surface area contributed by atoms with Crippen molar-refractivity contribution in [1.29, 1.82) is 0 Å². The van der Waals surface area contributed by atoms with Crippen LogP contribution in [0.5, 0.6) is 0 Å². The number of hydrogen-bond donors (Lipinski definition) is 2. The van der Waals surface area contributed by atoms with Crippen LogP contribution in [0.15, 0.2) is 12.7 Å². The third kappa shape index (κ3) is 3.24. The van der Waals surface area contributed by atoms with Crippen LogP contribution in [0.2, 0.25) is 0 Å². The monoisotopic (exact) mass is 332 g/mol. The van der Waals surface area contributed by atoms with Crippen molar-refractivity contribution in [3.05, 3.63) is 24.3 Å². The average molecular weight is 332 g/mol. The van der Waals surface area contributed by atoms with Crippen molar-refractivity contribution in [2.75, 3.05) is 22.9 Å². The molecule has 1 aliphatic rings. The molecule has 0 aromatic carbocycles. The minimum Gasteiger partial charge on any atom is -0.388 e. The maximum Gasteiger partial charge on any atom is 0.229 e. The van der Waals surface area contributed by atoms with E-state index in [2.05, 4.69) is 53.6 Å². The normalized spacial score (nSPS) is 21.2. The molecule has 10 heteroatoms. The van der Waals surface area contributed by atoms with Gasteiger partial charge in [-0.15, -0.1) is 0 Å². The van der Waals surface area contributed by atoms with Crippen molar-refractivity contribution < 1.29 is 10.2 Å². The quantitative estimate of drug-likeness (QED) is 0.731. The minimum atomic E-state index is -0.215. The van der Waals surface area contributed by atoms with Crippen molar-refractivity contribution in [2.24, 2.45) is 0 Å². The van der Waals surface area contributed by atoms with Crippen molar-refractivity contribution >= 4 is 11.9 Å². The van der Waals surface area contributed by atoms with E-state index in [0.29, 0.717) is 36.6 Å². The van der Waals surface area contributed by atoms with Crippen LogP contribution in [0.4, 0.5) is 11.9 Å². The second-order valence-corrected chi connectivity index (χ2v) is 5.73. The highest BCUT2D eigenvalue weighted by Crippen LogP contribution is 2.23. The van der Waals surface area contributed by atoms with Gasteiger partial charge in [-0.25, -0.2) is 19.9 Å². The molecular weight excluding hydrogens is 312 g/mol. The van der Waals surface area contributed by atoms with E-state index >= 15 is 0 Å². The van der Waals surface area contributed by atoms with Gasteiger partial charge in [0.05, 0.1) is 0 Å². The number of rotatable bonds is 4. The number of aliphatic hydroxyl groups excluding tert-OH is 2. The predicted octanol–water partition coefficient (Wildman–Crippen LogP) is -0.855. The number of hydrogen-bond acceptors (Lipinski definition) is 10. The zero-order chi connectivity index (χ0) is 17.1. The zero-order valence-electron chi connectivity index (χ0n) is 13.6. The Hall–Kier alpha value is -2.46. The van der Waals surface area contributed by atoms with Crippen molar-refractivity contribution in [3.8, 4) is 0 Å². The molecule has 128 valence electrons. The maximum atomic E-state index is 9.21. The first-order chi connectivity index (χ1) is 11.6. The predicted molar refractivity (Wildman–Crippen MR) is 85.1 cm³/mol. The molecule has 1 saturated heterocycles. The highest BCUT2D eigenvalue weighted by Gasteiger charge is 2.32. The van der Waals surface area contributed by atoms with Crippen molar-refractivity contribution in [2.45, 2.75) is 39.1 Å². The number of aromatic nitrogens is 6. The van der Waals surface area contributed by atoms with Crippen molar-refractivity contribution in [1.82, 2.24) is 29.9 Å². The van der Waals surface area contributed by atoms with Gasteiger partial charge in [0, 0.05) is 25.2 Å². The first kappa shape index (κ1) is 16.4. The molecule has 0 radical (unpaired) electrons. The Morgan fingerprint density at radius 3 is 1.92 bits per heavy atom. The highest BCUT2D eigenvalue weighted by molar-refractivity contribution is 5.40. The SMILES string of the molecule is CC1CN(c2ncnc(CO)n2)CC(C)N1c1ncnc(CO)n1. The van der Waals surface area contributed by atoms with Crippen LogP contribution in [0.25, 0.3) is 0 Å². The molecule has 3 heterocycles. The summed E-state index contributed by atoms with van der Waals surface area (Å²) in [4.78, 5) is 29.0. The van der Waals surface area contributed by atoms with Crippen LogP contribution in [0.3, 0.4) is 0 Å². The van der Waals surface area contributed by atoms with Crippen LogP contribution < -0.4 is 9.80 Å². The Labute approximate surface area is 139 Å². The molecule has 0 saturated carbocycles. The molecule has 0 bridgehead atoms. The van der Waals surface area contributed by atoms with E-state index in [1.54, 1.807) is 0 Å². The number of nitrogens with zero attached hydrogens (tertiary/aromatic N) is 8. The molecule has 0 amide bonds. The average Bonchev–Trinajstić information content (AvgIpc) is 2.61. The van der Waals surface area contributed by atoms with Gasteiger partial charge in [0.1, 0.15) is 25.9 Å². The van der Waals surface area contributed by atoms with E-state index in [4.69, 9.17) is 0 Å². The van der Waals surface area contributed by atoms with Gasteiger partial charge >= 0.3 is 0 Å². The standard InChI is InChI=1S/C14H20N8O2/c1-9-3-21(13-17-7-15-11(5-23)19-13)4-10(2)22(9)14-18-8-16-12(6-24)20-14/h7-10,23-24H,3-6H2,1-2H3. The third-order valence-electron chi connectivity index (χ3n) is 3.93. The Morgan fingerprint density at radius 2 is 1.38 bits per heavy atom. The molecular formula is C14H20N8O2. The first-order valence-corrected chi connectivity index (χ1v) is 7.73. The van der Waals surface area contributed by atoms with E-state index < -0.39 is 0 Å². The lowest BCUT2D eigenvalue weighted by Crippen LogP contribution is -2.58. The topological polar surface area (TPSA) is 124 Å². The largest absolute Gasteiger partial charge is 0.388 e. The van der Waals surface area contributed by atoms with Gasteiger partial charge in [0.2, 0.25) is 11.9 Å². The van der Waals surface area contributed by atoms with Crippen molar-refractivity contribution in [3.63, 3.8) is 0 Å². The molecule has 3 rings (SSSR count). The molecule has 1 fully saturated rings. The summed E-state index contributed by atoms with van der Waals surface area (Å²) in [5.41, 5.74) is 0. The van der Waals surface area contributed by atoms with Crippen LogP contribution in [-0.2, 0) is 13.2 Å². The summed E-state index contributed by atoms with van der Waals surface area (Å²) in [5, 5.41) is 18.4. The molecule has 1 aliphatic heterocycles. The van der Waals surface area contributed by atoms with Crippen LogP contribution in [-0.4, -0.2) is 65.3 Å². The number of piperazine rings is 1. The highest BCUT2D eigenvalue weighted by atomic mass is 16.3. The fourth-order valence-corrected chi connectivity index (χ4v) is 2.95. The van der Waals surface area contributed by atoms with Gasteiger partial charge in [-0.1, -0.05) is 0 Å². The number of anilines is 2. The third-order valence-corrected chi connectivity index (χ3v) is 3.93. The molecule has 2 unspecified atom stereocenters. The summed E-state index contributed by atoms with van der Waals surface area (Å²) in [6.45, 7) is 5.07. The van der Waals surface area contributed by atoms with E-state index in [-0.39, 0.29) is 25.3 Å². The van der Waals surface area contributed by atoms with Gasteiger partial charge < -0.3 is 20.0 Å². The Balaban J connectivity index is 1.81. The molecule has 0 aliphatic carbocycles. The minimum absolute atomic E-state index is 0.108. The summed E-state index contributed by atoms with van der Waals surface area (Å²) < 4.78 is 0. The lowest BCUT2D eigenvalue weighted by molar-refractivity contribution is 0.270. The Morgan fingerprint density at radius 1 is 0.875 bits per heavy atom. The lowest BCUT2D eigenvalue weighted by Gasteiger charge is -2.44. The summed E-state index contributed by atoms with van der Waals surface area (Å²) in [6.07, 6.45) is 2.83. The zero-order valence-corrected chi connectivity index (χ0v) is 13.6. The second-order valence-electron chi connectivity index (χ2n) is 5.73. The van der Waals surface area contributed by atoms with Gasteiger partial charge in [0.15, 0.2) is 11.6 Å². The van der Waals surface area contributed by atoms with E-state index in [1.807, 2.05) is 0 Å². The van der Waals surface area contributed by atoms with Gasteiger partial charge in [0.25, 0.3) is 0 Å². The Kier molecular flexibility index (Phi) is 4.76. The summed E-state index contributed by atoms with van der Waals surface area (Å²) >= 11 is 0. The molecule has 10 nitrogen and oxygen atoms in total. The van der Waals surface area contributed by atoms with Crippen LogP contribution >= 0.6 is 0 Å². The molecule has 2 atom stereocenters.